The van der Waals surface area contributed by atoms with Crippen LogP contribution >= 0.6 is 0 Å². The topological polar surface area (TPSA) is 96.0 Å². The molecular weight excluding hydrogens is 526 g/mol. The van der Waals surface area contributed by atoms with E-state index < -0.39 is 28.5 Å². The van der Waals surface area contributed by atoms with Crippen LogP contribution in [-0.4, -0.2) is 57.1 Å². The molecule has 0 saturated heterocycles. The third kappa shape index (κ3) is 9.41. The van der Waals surface area contributed by atoms with Gasteiger partial charge in [-0.1, -0.05) is 74.5 Å². The number of hydrogen-bond donors (Lipinski definition) is 1. The molecule has 0 aliphatic rings. The van der Waals surface area contributed by atoms with E-state index in [2.05, 4.69) is 5.32 Å². The number of benzene rings is 3. The first kappa shape index (κ1) is 30.7. The molecule has 214 valence electrons. The van der Waals surface area contributed by atoms with Crippen LogP contribution in [0.1, 0.15) is 31.9 Å². The molecule has 3 aromatic carbocycles. The zero-order valence-corrected chi connectivity index (χ0v) is 24.4. The van der Waals surface area contributed by atoms with Gasteiger partial charge >= 0.3 is 0 Å². The molecule has 3 aromatic rings. The summed E-state index contributed by atoms with van der Waals surface area (Å²) in [7, 11) is -3.80. The molecule has 3 rings (SSSR count). The van der Waals surface area contributed by atoms with Gasteiger partial charge in [0, 0.05) is 13.1 Å². The Morgan fingerprint density at radius 2 is 1.43 bits per heavy atom. The second-order valence-electron chi connectivity index (χ2n) is 10.2. The van der Waals surface area contributed by atoms with Gasteiger partial charge in [0.2, 0.25) is 21.8 Å². The Hall–Kier alpha value is -3.85. The number of hydrogen-bond acceptors (Lipinski definition) is 5. The molecule has 0 saturated carbocycles. The summed E-state index contributed by atoms with van der Waals surface area (Å²) in [4.78, 5) is 28.0. The molecule has 0 spiro atoms. The lowest BCUT2D eigenvalue weighted by atomic mass is 10.1. The zero-order chi connectivity index (χ0) is 29.1. The highest BCUT2D eigenvalue weighted by Crippen LogP contribution is 2.23. The Kier molecular flexibility index (Phi) is 11.1. The van der Waals surface area contributed by atoms with Crippen LogP contribution in [-0.2, 0) is 32.6 Å². The van der Waals surface area contributed by atoms with E-state index >= 15 is 0 Å². The monoisotopic (exact) mass is 565 g/mol. The normalized spacial score (nSPS) is 12.0. The third-order valence-corrected chi connectivity index (χ3v) is 7.53. The van der Waals surface area contributed by atoms with Crippen LogP contribution in [0.25, 0.3) is 0 Å². The minimum atomic E-state index is -3.80. The van der Waals surface area contributed by atoms with E-state index in [9.17, 15) is 18.0 Å². The van der Waals surface area contributed by atoms with Crippen molar-refractivity contribution in [3.63, 3.8) is 0 Å². The molecule has 0 unspecified atom stereocenters. The summed E-state index contributed by atoms with van der Waals surface area (Å²) >= 11 is 0. The number of ether oxygens (including phenoxy) is 1. The van der Waals surface area contributed by atoms with Crippen LogP contribution in [0.3, 0.4) is 0 Å². The van der Waals surface area contributed by atoms with Crippen molar-refractivity contribution >= 4 is 27.5 Å². The minimum absolute atomic E-state index is 0.255. The first-order valence-corrected chi connectivity index (χ1v) is 15.2. The average molecular weight is 566 g/mol. The molecule has 0 aromatic heterocycles. The number of carbonyl (C=O) groups excluding carboxylic acids is 2. The molecule has 0 radical (unpaired) electrons. The molecule has 0 aliphatic heterocycles. The van der Waals surface area contributed by atoms with Gasteiger partial charge in [-0.25, -0.2) is 8.42 Å². The Bertz CT molecular complexity index is 1330. The van der Waals surface area contributed by atoms with Crippen LogP contribution < -0.4 is 14.4 Å². The maximum atomic E-state index is 13.6. The molecule has 8 nitrogen and oxygen atoms in total. The van der Waals surface area contributed by atoms with E-state index in [-0.39, 0.29) is 18.4 Å². The fourth-order valence-corrected chi connectivity index (χ4v) is 4.94. The molecular formula is C31H39N3O5S. The van der Waals surface area contributed by atoms with Gasteiger partial charge in [-0.05, 0) is 54.7 Å². The van der Waals surface area contributed by atoms with Gasteiger partial charge in [0.15, 0.2) is 0 Å². The highest BCUT2D eigenvalue weighted by atomic mass is 32.2. The van der Waals surface area contributed by atoms with Crippen LogP contribution in [0.4, 0.5) is 5.69 Å². The van der Waals surface area contributed by atoms with Crippen molar-refractivity contribution in [1.82, 2.24) is 10.2 Å². The van der Waals surface area contributed by atoms with Gasteiger partial charge in [-0.3, -0.25) is 13.9 Å². The summed E-state index contributed by atoms with van der Waals surface area (Å²) in [6.45, 7) is 6.35. The zero-order valence-electron chi connectivity index (χ0n) is 23.6. The van der Waals surface area contributed by atoms with Crippen LogP contribution in [0.2, 0.25) is 0 Å². The number of rotatable bonds is 14. The van der Waals surface area contributed by atoms with Gasteiger partial charge in [0.25, 0.3) is 0 Å². The highest BCUT2D eigenvalue weighted by Gasteiger charge is 2.29. The van der Waals surface area contributed by atoms with E-state index in [1.54, 1.807) is 31.2 Å². The summed E-state index contributed by atoms with van der Waals surface area (Å²) in [6, 6.07) is 25.2. The molecule has 0 fully saturated rings. The molecule has 0 aliphatic carbocycles. The number of sulfonamides is 1. The van der Waals surface area contributed by atoms with Crippen molar-refractivity contribution in [2.75, 3.05) is 30.2 Å². The maximum absolute atomic E-state index is 13.6. The Balaban J connectivity index is 1.77. The fraction of sp³-hybridized carbons (Fsp3) is 0.355. The molecule has 1 N–H and O–H groups in total. The smallest absolute Gasteiger partial charge is 0.244 e. The third-order valence-electron chi connectivity index (χ3n) is 6.39. The molecule has 0 heterocycles. The van der Waals surface area contributed by atoms with Crippen molar-refractivity contribution in [2.45, 2.75) is 39.8 Å². The lowest BCUT2D eigenvalue weighted by Gasteiger charge is -2.31. The number of nitrogens with one attached hydrogen (secondary N) is 1. The van der Waals surface area contributed by atoms with Crippen molar-refractivity contribution < 1.29 is 22.7 Å². The summed E-state index contributed by atoms with van der Waals surface area (Å²) in [5.41, 5.74) is 2.36. The highest BCUT2D eigenvalue weighted by molar-refractivity contribution is 7.92. The predicted molar refractivity (Wildman–Crippen MR) is 159 cm³/mol. The largest absolute Gasteiger partial charge is 0.489 e. The summed E-state index contributed by atoms with van der Waals surface area (Å²) in [5, 5.41) is 2.88. The van der Waals surface area contributed by atoms with E-state index in [1.165, 1.54) is 4.90 Å². The number of anilines is 1. The van der Waals surface area contributed by atoms with Gasteiger partial charge in [0.05, 0.1) is 11.9 Å². The Morgan fingerprint density at radius 1 is 0.850 bits per heavy atom. The van der Waals surface area contributed by atoms with E-state index in [0.717, 1.165) is 21.7 Å². The molecule has 0 bridgehead atoms. The quantitative estimate of drug-likeness (QED) is 0.315. The standard InChI is InChI=1S/C31H39N3O5S/c1-24(2)21-32-31(36)25(3)33(20-19-26-11-7-5-8-12-26)30(35)22-34(40(4,37)38)28-15-17-29(18-16-28)39-23-27-13-9-6-10-14-27/h5-18,24-25H,19-23H2,1-4H3,(H,32,36)/t25-/m0/s1. The Labute approximate surface area is 238 Å². The second-order valence-corrected chi connectivity index (χ2v) is 12.1. The minimum Gasteiger partial charge on any atom is -0.489 e. The van der Waals surface area contributed by atoms with Gasteiger partial charge in [-0.2, -0.15) is 0 Å². The van der Waals surface area contributed by atoms with E-state index in [0.29, 0.717) is 31.0 Å². The number of amides is 2. The molecule has 2 amide bonds. The molecule has 9 heteroatoms. The van der Waals surface area contributed by atoms with Crippen LogP contribution in [0, 0.1) is 5.92 Å². The van der Waals surface area contributed by atoms with Crippen LogP contribution in [0.15, 0.2) is 84.9 Å². The van der Waals surface area contributed by atoms with Gasteiger partial charge in [-0.15, -0.1) is 0 Å². The molecule has 1 atom stereocenters. The lowest BCUT2D eigenvalue weighted by Crippen LogP contribution is -2.52. The summed E-state index contributed by atoms with van der Waals surface area (Å²) in [5.74, 6) is 0.0937. The van der Waals surface area contributed by atoms with Crippen molar-refractivity contribution in [3.8, 4) is 5.75 Å². The predicted octanol–water partition coefficient (Wildman–Crippen LogP) is 4.26. The fourth-order valence-electron chi connectivity index (χ4n) is 4.09. The number of nitrogens with zero attached hydrogens (tertiary/aromatic N) is 2. The van der Waals surface area contributed by atoms with E-state index in [1.807, 2.05) is 74.5 Å². The summed E-state index contributed by atoms with van der Waals surface area (Å²) in [6.07, 6.45) is 1.59. The van der Waals surface area contributed by atoms with Crippen LogP contribution in [0.5, 0.6) is 5.75 Å². The van der Waals surface area contributed by atoms with Gasteiger partial charge < -0.3 is 15.0 Å². The van der Waals surface area contributed by atoms with Crippen molar-refractivity contribution in [1.29, 1.82) is 0 Å². The van der Waals surface area contributed by atoms with Crippen molar-refractivity contribution in [2.24, 2.45) is 5.92 Å². The molecule has 40 heavy (non-hydrogen) atoms. The summed E-state index contributed by atoms with van der Waals surface area (Å²) < 4.78 is 32.5. The Morgan fingerprint density at radius 3 is 1.98 bits per heavy atom. The number of carbonyl (C=O) groups is 2. The van der Waals surface area contributed by atoms with E-state index in [4.69, 9.17) is 4.74 Å². The van der Waals surface area contributed by atoms with Crippen molar-refractivity contribution in [3.05, 3.63) is 96.1 Å². The SMILES string of the molecule is CC(C)CNC(=O)[C@H](C)N(CCc1ccccc1)C(=O)CN(c1ccc(OCc2ccccc2)cc1)S(C)(=O)=O. The second kappa shape index (κ2) is 14.5. The average Bonchev–Trinajstić information content (AvgIpc) is 2.94. The van der Waals surface area contributed by atoms with Gasteiger partial charge in [0.1, 0.15) is 24.9 Å². The lowest BCUT2D eigenvalue weighted by molar-refractivity contribution is -0.138. The first-order valence-electron chi connectivity index (χ1n) is 13.4. The first-order chi connectivity index (χ1) is 19.0. The maximum Gasteiger partial charge on any atom is 0.244 e.